The lowest BCUT2D eigenvalue weighted by molar-refractivity contribution is -0.124. The number of aromatic hydroxyl groups is 1. The van der Waals surface area contributed by atoms with Gasteiger partial charge in [-0.3, -0.25) is 15.3 Å². The number of benzene rings is 3. The Morgan fingerprint density at radius 1 is 1.03 bits per heavy atom. The number of nitrogens with one attached hydrogen (secondary N) is 2. The average Bonchev–Trinajstić information content (AvgIpc) is 2.80. The number of anilines is 1. The fraction of sp³-hybridized carbons (Fsp3) is 0.167. The monoisotopic (exact) mass is 498 g/mol. The molecule has 0 aromatic heterocycles. The van der Waals surface area contributed by atoms with E-state index in [9.17, 15) is 14.7 Å². The van der Waals surface area contributed by atoms with Crippen molar-refractivity contribution in [3.63, 3.8) is 0 Å². The number of hydrogen-bond donors (Lipinski definition) is 4. The highest BCUT2D eigenvalue weighted by Crippen LogP contribution is 2.34. The summed E-state index contributed by atoms with van der Waals surface area (Å²) in [6.45, 7) is 0. The van der Waals surface area contributed by atoms with Gasteiger partial charge in [0.15, 0.2) is 0 Å². The molecule has 3 rings (SSSR count). The molecule has 1 atom stereocenters. The third-order valence-corrected chi connectivity index (χ3v) is 5.37. The number of rotatable bonds is 8. The first kappa shape index (κ1) is 23.3. The number of carbonyl (C=O) groups excluding carboxylic acids is 2. The summed E-state index contributed by atoms with van der Waals surface area (Å²) in [5, 5.41) is 22.9. The van der Waals surface area contributed by atoms with Crippen molar-refractivity contribution in [3.05, 3.63) is 82.9 Å². The lowest BCUT2D eigenvalue weighted by atomic mass is 9.96. The minimum Gasteiger partial charge on any atom is -0.507 e. The van der Waals surface area contributed by atoms with E-state index in [1.807, 2.05) is 36.4 Å². The zero-order chi connectivity index (χ0) is 22.9. The molecule has 0 aliphatic heterocycles. The number of phenols is 1. The molecule has 0 aliphatic carbocycles. The largest absolute Gasteiger partial charge is 0.507 e. The first-order valence-corrected chi connectivity index (χ1v) is 10.8. The van der Waals surface area contributed by atoms with Crippen molar-refractivity contribution in [2.75, 3.05) is 5.32 Å². The van der Waals surface area contributed by atoms with Crippen LogP contribution in [0.5, 0.6) is 5.75 Å². The summed E-state index contributed by atoms with van der Waals surface area (Å²) in [6.07, 6.45) is 3.39. The number of allylic oxidation sites excluding steroid dienone is 1. The van der Waals surface area contributed by atoms with E-state index in [-0.39, 0.29) is 5.75 Å². The van der Waals surface area contributed by atoms with E-state index >= 15 is 0 Å². The van der Waals surface area contributed by atoms with Crippen LogP contribution in [0, 0.1) is 0 Å². The van der Waals surface area contributed by atoms with Gasteiger partial charge in [-0.1, -0.05) is 52.3 Å². The summed E-state index contributed by atoms with van der Waals surface area (Å²) in [7, 11) is 0. The maximum atomic E-state index is 12.6. The summed E-state index contributed by atoms with van der Waals surface area (Å²) in [5.41, 5.74) is 2.92. The van der Waals surface area contributed by atoms with Gasteiger partial charge in [-0.2, -0.15) is 0 Å². The highest BCUT2D eigenvalue weighted by molar-refractivity contribution is 9.10. The molecular formula is C24H23BrN2O5. The predicted octanol–water partition coefficient (Wildman–Crippen LogP) is 5.83. The quantitative estimate of drug-likeness (QED) is 0.135. The molecule has 0 aliphatic rings. The molecule has 0 bridgehead atoms. The lowest BCUT2D eigenvalue weighted by Crippen LogP contribution is -2.18. The van der Waals surface area contributed by atoms with Crippen LogP contribution in [0.1, 0.15) is 30.9 Å². The van der Waals surface area contributed by atoms with Gasteiger partial charge in [-0.25, -0.2) is 10.3 Å². The molecule has 0 fully saturated rings. The molecule has 0 unspecified atom stereocenters. The van der Waals surface area contributed by atoms with E-state index in [0.29, 0.717) is 30.3 Å². The maximum Gasteiger partial charge on any atom is 0.412 e. The topological polar surface area (TPSA) is 108 Å². The minimum atomic E-state index is -0.601. The Morgan fingerprint density at radius 2 is 1.75 bits per heavy atom. The van der Waals surface area contributed by atoms with Gasteiger partial charge in [0.25, 0.3) is 5.91 Å². The number of halogens is 1. The Hall–Kier alpha value is -3.36. The Labute approximate surface area is 193 Å². The third-order valence-electron chi connectivity index (χ3n) is 4.84. The molecule has 8 heteroatoms. The average molecular weight is 499 g/mol. The smallest absolute Gasteiger partial charge is 0.412 e. The van der Waals surface area contributed by atoms with Crippen LogP contribution < -0.4 is 10.8 Å². The van der Waals surface area contributed by atoms with Gasteiger partial charge in [-0.05, 0) is 55.0 Å². The first-order valence-electron chi connectivity index (χ1n) is 10.0. The number of unbranched alkanes of at least 4 members (excludes halogenated alkanes) is 1. The van der Waals surface area contributed by atoms with Crippen molar-refractivity contribution in [2.45, 2.75) is 25.4 Å². The maximum absolute atomic E-state index is 12.6. The van der Waals surface area contributed by atoms with Crippen LogP contribution >= 0.6 is 15.9 Å². The molecule has 0 saturated heterocycles. The number of phenolic OH excluding ortho intramolecular Hbond substituents is 1. The molecule has 166 valence electrons. The SMILES string of the molecule is O=C(/C=C/CCC[C@H](OC(=O)Nc1ccc(Br)cc1)c1ccc(O)c2ccccc12)NO. The third kappa shape index (κ3) is 6.32. The molecule has 0 heterocycles. The molecule has 2 amide bonds. The number of ether oxygens (including phenoxy) is 1. The molecule has 3 aromatic rings. The first-order chi connectivity index (χ1) is 15.5. The van der Waals surface area contributed by atoms with Gasteiger partial charge >= 0.3 is 6.09 Å². The fourth-order valence-corrected chi connectivity index (χ4v) is 3.59. The second kappa shape index (κ2) is 11.3. The molecule has 4 N–H and O–H groups in total. The second-order valence-corrected chi connectivity index (χ2v) is 7.97. The van der Waals surface area contributed by atoms with E-state index in [4.69, 9.17) is 9.94 Å². The highest BCUT2D eigenvalue weighted by atomic mass is 79.9. The van der Waals surface area contributed by atoms with Crippen molar-refractivity contribution >= 4 is 44.4 Å². The molecule has 3 aromatic carbocycles. The standard InChI is InChI=1S/C24H23BrN2O5/c25-16-10-12-17(13-11-16)26-24(30)32-22(8-2-1-3-9-23(29)27-31)20-14-15-21(28)19-7-5-4-6-18(19)20/h3-7,9-15,22,28,31H,1-2,8H2,(H,26,30)(H,27,29)/b9-3+/t22-/m0/s1. The van der Waals surface area contributed by atoms with Gasteiger partial charge in [0, 0.05) is 27.2 Å². The van der Waals surface area contributed by atoms with Crippen LogP contribution in [-0.2, 0) is 9.53 Å². The zero-order valence-corrected chi connectivity index (χ0v) is 18.7. The normalized spacial score (nSPS) is 11.9. The van der Waals surface area contributed by atoms with Crippen LogP contribution in [0.3, 0.4) is 0 Å². The van der Waals surface area contributed by atoms with Crippen molar-refractivity contribution in [3.8, 4) is 5.75 Å². The minimum absolute atomic E-state index is 0.153. The van der Waals surface area contributed by atoms with Gasteiger partial charge in [-0.15, -0.1) is 0 Å². The number of hydroxylamine groups is 1. The van der Waals surface area contributed by atoms with Gasteiger partial charge in [0.2, 0.25) is 0 Å². The Bertz CT molecular complexity index is 1120. The van der Waals surface area contributed by atoms with Crippen molar-refractivity contribution in [1.29, 1.82) is 0 Å². The van der Waals surface area contributed by atoms with Crippen LogP contribution in [0.25, 0.3) is 10.8 Å². The van der Waals surface area contributed by atoms with Gasteiger partial charge in [0.05, 0.1) is 0 Å². The lowest BCUT2D eigenvalue weighted by Gasteiger charge is -2.20. The second-order valence-electron chi connectivity index (χ2n) is 7.05. The summed E-state index contributed by atoms with van der Waals surface area (Å²) >= 11 is 3.36. The number of fused-ring (bicyclic) bond motifs is 1. The summed E-state index contributed by atoms with van der Waals surface area (Å²) in [4.78, 5) is 23.7. The molecule has 7 nitrogen and oxygen atoms in total. The van der Waals surface area contributed by atoms with Crippen LogP contribution in [0.2, 0.25) is 0 Å². The number of amides is 2. The molecule has 32 heavy (non-hydrogen) atoms. The van der Waals surface area contributed by atoms with Crippen LogP contribution in [-0.4, -0.2) is 22.3 Å². The van der Waals surface area contributed by atoms with Gasteiger partial charge < -0.3 is 9.84 Å². The summed E-state index contributed by atoms with van der Waals surface area (Å²) < 4.78 is 6.68. The number of hydrogen-bond acceptors (Lipinski definition) is 5. The summed E-state index contributed by atoms with van der Waals surface area (Å²) in [6, 6.07) is 17.9. The van der Waals surface area contributed by atoms with Crippen LogP contribution in [0.15, 0.2) is 77.3 Å². The van der Waals surface area contributed by atoms with Crippen molar-refractivity contribution in [1.82, 2.24) is 5.48 Å². The van der Waals surface area contributed by atoms with E-state index < -0.39 is 18.1 Å². The Balaban J connectivity index is 1.79. The molecular weight excluding hydrogens is 476 g/mol. The van der Waals surface area contributed by atoms with Crippen molar-refractivity contribution < 1.29 is 24.6 Å². The number of carbonyl (C=O) groups is 2. The fourth-order valence-electron chi connectivity index (χ4n) is 3.32. The van der Waals surface area contributed by atoms with E-state index in [0.717, 1.165) is 15.4 Å². The zero-order valence-electron chi connectivity index (χ0n) is 17.1. The molecule has 0 radical (unpaired) electrons. The highest BCUT2D eigenvalue weighted by Gasteiger charge is 2.20. The van der Waals surface area contributed by atoms with Gasteiger partial charge in [0.1, 0.15) is 11.9 Å². The van der Waals surface area contributed by atoms with Crippen LogP contribution in [0.4, 0.5) is 10.5 Å². The van der Waals surface area contributed by atoms with Crippen molar-refractivity contribution in [2.24, 2.45) is 0 Å². The van der Waals surface area contributed by atoms with E-state index in [1.54, 1.807) is 30.3 Å². The Morgan fingerprint density at radius 3 is 2.47 bits per heavy atom. The van der Waals surface area contributed by atoms with E-state index in [1.165, 1.54) is 11.6 Å². The summed E-state index contributed by atoms with van der Waals surface area (Å²) in [5.74, 6) is -0.448. The van der Waals surface area contributed by atoms with E-state index in [2.05, 4.69) is 21.2 Å². The molecule has 0 spiro atoms. The molecule has 0 saturated carbocycles. The Kier molecular flexibility index (Phi) is 8.24. The predicted molar refractivity (Wildman–Crippen MR) is 126 cm³/mol.